The predicted molar refractivity (Wildman–Crippen MR) is 93.7 cm³/mol. The van der Waals surface area contributed by atoms with Crippen molar-refractivity contribution in [3.63, 3.8) is 0 Å². The highest BCUT2D eigenvalue weighted by Gasteiger charge is 2.27. The fourth-order valence-electron chi connectivity index (χ4n) is 2.91. The average molecular weight is 340 g/mol. The molecule has 1 aromatic heterocycles. The fourth-order valence-corrected chi connectivity index (χ4v) is 2.91. The molecule has 0 radical (unpaired) electrons. The van der Waals surface area contributed by atoms with E-state index < -0.39 is 5.91 Å². The van der Waals surface area contributed by atoms with Crippen molar-refractivity contribution in [3.05, 3.63) is 53.9 Å². The molecule has 7 nitrogen and oxygen atoms in total. The molecule has 3 N–H and O–H groups in total. The van der Waals surface area contributed by atoms with Crippen molar-refractivity contribution in [1.82, 2.24) is 9.88 Å². The van der Waals surface area contributed by atoms with E-state index in [1.807, 2.05) is 24.3 Å². The fraction of sp³-hybridized carbons (Fsp3) is 0.278. The number of benzene rings is 1. The normalized spacial score (nSPS) is 16.5. The number of rotatable bonds is 4. The van der Waals surface area contributed by atoms with Gasteiger partial charge in [0.15, 0.2) is 0 Å². The molecule has 2 aromatic rings. The summed E-state index contributed by atoms with van der Waals surface area (Å²) in [5, 5.41) is 2.79. The van der Waals surface area contributed by atoms with E-state index in [2.05, 4.69) is 10.3 Å². The van der Waals surface area contributed by atoms with Crippen molar-refractivity contribution in [3.8, 4) is 5.75 Å². The Morgan fingerprint density at radius 3 is 2.60 bits per heavy atom. The van der Waals surface area contributed by atoms with Gasteiger partial charge in [-0.25, -0.2) is 9.78 Å². The van der Waals surface area contributed by atoms with Crippen LogP contribution >= 0.6 is 0 Å². The van der Waals surface area contributed by atoms with Gasteiger partial charge in [-0.3, -0.25) is 4.79 Å². The summed E-state index contributed by atoms with van der Waals surface area (Å²) in [5.41, 5.74) is 7.04. The molecule has 0 aliphatic carbocycles. The number of primary amides is 1. The quantitative estimate of drug-likeness (QED) is 0.891. The van der Waals surface area contributed by atoms with Crippen molar-refractivity contribution in [1.29, 1.82) is 0 Å². The molecule has 7 heteroatoms. The summed E-state index contributed by atoms with van der Waals surface area (Å²) < 4.78 is 5.17. The maximum atomic E-state index is 12.4. The van der Waals surface area contributed by atoms with Crippen LogP contribution in [-0.4, -0.2) is 42.0 Å². The molecule has 1 aromatic carbocycles. The number of ether oxygens (including phenoxy) is 1. The molecule has 0 bridgehead atoms. The van der Waals surface area contributed by atoms with Crippen molar-refractivity contribution in [2.75, 3.05) is 25.5 Å². The lowest BCUT2D eigenvalue weighted by molar-refractivity contribution is 0.0995. The van der Waals surface area contributed by atoms with Gasteiger partial charge in [-0.2, -0.15) is 0 Å². The molecular weight excluding hydrogens is 320 g/mol. The van der Waals surface area contributed by atoms with Gasteiger partial charge in [0.25, 0.3) is 5.91 Å². The highest BCUT2D eigenvalue weighted by atomic mass is 16.5. The number of carbonyl (C=O) groups excluding carboxylic acids is 2. The second kappa shape index (κ2) is 7.21. The van der Waals surface area contributed by atoms with Crippen molar-refractivity contribution >= 4 is 17.6 Å². The summed E-state index contributed by atoms with van der Waals surface area (Å²) in [6.07, 6.45) is 2.34. The van der Waals surface area contributed by atoms with E-state index in [1.54, 1.807) is 18.1 Å². The molecule has 1 aliphatic rings. The van der Waals surface area contributed by atoms with Crippen molar-refractivity contribution < 1.29 is 14.3 Å². The molecule has 1 fully saturated rings. The minimum Gasteiger partial charge on any atom is -0.497 e. The SMILES string of the molecule is COc1ccc(C2CCN(C(=O)Nc3ccc(C(N)=O)nc3)C2)cc1. The standard InChI is InChI=1S/C18H20N4O3/c1-25-15-5-2-12(3-6-15)13-8-9-22(11-13)18(24)21-14-4-7-16(17(19)23)20-10-14/h2-7,10,13H,8-9,11H2,1H3,(H2,19,23)(H,21,24). The van der Waals surface area contributed by atoms with Crippen LogP contribution in [0.3, 0.4) is 0 Å². The highest BCUT2D eigenvalue weighted by Crippen LogP contribution is 2.28. The Hall–Kier alpha value is -3.09. The minimum absolute atomic E-state index is 0.166. The zero-order chi connectivity index (χ0) is 17.8. The van der Waals surface area contributed by atoms with Crippen molar-refractivity contribution in [2.45, 2.75) is 12.3 Å². The van der Waals surface area contributed by atoms with Crippen LogP contribution in [0.25, 0.3) is 0 Å². The summed E-state index contributed by atoms with van der Waals surface area (Å²) in [7, 11) is 1.64. The Balaban J connectivity index is 1.59. The third-order valence-electron chi connectivity index (χ3n) is 4.33. The van der Waals surface area contributed by atoms with Crippen LogP contribution in [0.15, 0.2) is 42.6 Å². The lowest BCUT2D eigenvalue weighted by Crippen LogP contribution is -2.32. The molecule has 25 heavy (non-hydrogen) atoms. The van der Waals surface area contributed by atoms with Gasteiger partial charge in [-0.1, -0.05) is 12.1 Å². The zero-order valence-electron chi connectivity index (χ0n) is 13.9. The molecule has 2 heterocycles. The summed E-state index contributed by atoms with van der Waals surface area (Å²) in [4.78, 5) is 29.1. The van der Waals surface area contributed by atoms with Gasteiger partial charge in [-0.15, -0.1) is 0 Å². The first-order valence-electron chi connectivity index (χ1n) is 8.02. The zero-order valence-corrected chi connectivity index (χ0v) is 13.9. The number of methoxy groups -OCH3 is 1. The van der Waals surface area contributed by atoms with E-state index in [0.717, 1.165) is 12.2 Å². The summed E-state index contributed by atoms with van der Waals surface area (Å²) in [6.45, 7) is 1.35. The van der Waals surface area contributed by atoms with Gasteiger partial charge >= 0.3 is 6.03 Å². The van der Waals surface area contributed by atoms with Gasteiger partial charge in [0.2, 0.25) is 0 Å². The number of likely N-dealkylation sites (tertiary alicyclic amines) is 1. The molecule has 3 amide bonds. The van der Waals surface area contributed by atoms with Gasteiger partial charge in [-0.05, 0) is 36.2 Å². The lowest BCUT2D eigenvalue weighted by atomic mass is 9.98. The monoisotopic (exact) mass is 340 g/mol. The second-order valence-electron chi connectivity index (χ2n) is 5.93. The Labute approximate surface area is 145 Å². The number of nitrogens with zero attached hydrogens (tertiary/aromatic N) is 2. The Kier molecular flexibility index (Phi) is 4.83. The molecule has 1 saturated heterocycles. The van der Waals surface area contributed by atoms with Gasteiger partial charge < -0.3 is 20.7 Å². The van der Waals surface area contributed by atoms with E-state index in [0.29, 0.717) is 24.7 Å². The lowest BCUT2D eigenvalue weighted by Gasteiger charge is -2.17. The van der Waals surface area contributed by atoms with Crippen LogP contribution in [-0.2, 0) is 0 Å². The van der Waals surface area contributed by atoms with E-state index >= 15 is 0 Å². The molecular formula is C18H20N4O3. The average Bonchev–Trinajstić information content (AvgIpc) is 3.12. The molecule has 1 unspecified atom stereocenters. The van der Waals surface area contributed by atoms with E-state index in [4.69, 9.17) is 10.5 Å². The van der Waals surface area contributed by atoms with Crippen LogP contribution < -0.4 is 15.8 Å². The topological polar surface area (TPSA) is 97.5 Å². The van der Waals surface area contributed by atoms with E-state index in [9.17, 15) is 9.59 Å². The smallest absolute Gasteiger partial charge is 0.321 e. The summed E-state index contributed by atoms with van der Waals surface area (Å²) >= 11 is 0. The molecule has 0 saturated carbocycles. The van der Waals surface area contributed by atoms with Crippen LogP contribution in [0, 0.1) is 0 Å². The molecule has 1 atom stereocenters. The number of urea groups is 1. The predicted octanol–water partition coefficient (Wildman–Crippen LogP) is 2.21. The van der Waals surface area contributed by atoms with Gasteiger partial charge in [0.1, 0.15) is 11.4 Å². The number of aromatic nitrogens is 1. The summed E-state index contributed by atoms with van der Waals surface area (Å²) in [5.74, 6) is 0.537. The maximum absolute atomic E-state index is 12.4. The number of hydrogen-bond acceptors (Lipinski definition) is 4. The second-order valence-corrected chi connectivity index (χ2v) is 5.93. The Bertz CT molecular complexity index is 759. The number of hydrogen-bond donors (Lipinski definition) is 2. The molecule has 130 valence electrons. The number of pyridine rings is 1. The van der Waals surface area contributed by atoms with Crippen LogP contribution in [0.4, 0.5) is 10.5 Å². The Morgan fingerprint density at radius 2 is 2.00 bits per heavy atom. The number of anilines is 1. The minimum atomic E-state index is -0.597. The first-order chi connectivity index (χ1) is 12.1. The largest absolute Gasteiger partial charge is 0.497 e. The third-order valence-corrected chi connectivity index (χ3v) is 4.33. The van der Waals surface area contributed by atoms with E-state index in [1.165, 1.54) is 17.8 Å². The van der Waals surface area contributed by atoms with Crippen LogP contribution in [0.5, 0.6) is 5.75 Å². The van der Waals surface area contributed by atoms with Crippen LogP contribution in [0.2, 0.25) is 0 Å². The van der Waals surface area contributed by atoms with Crippen molar-refractivity contribution in [2.24, 2.45) is 5.73 Å². The first-order valence-corrected chi connectivity index (χ1v) is 8.02. The third kappa shape index (κ3) is 3.88. The number of amides is 3. The number of nitrogens with one attached hydrogen (secondary N) is 1. The van der Waals surface area contributed by atoms with Gasteiger partial charge in [0.05, 0.1) is 19.0 Å². The molecule has 1 aliphatic heterocycles. The number of nitrogens with two attached hydrogens (primary N) is 1. The van der Waals surface area contributed by atoms with Crippen LogP contribution in [0.1, 0.15) is 28.4 Å². The highest BCUT2D eigenvalue weighted by molar-refractivity contribution is 5.92. The van der Waals surface area contributed by atoms with E-state index in [-0.39, 0.29) is 11.7 Å². The molecule has 0 spiro atoms. The van der Waals surface area contributed by atoms with Gasteiger partial charge in [0, 0.05) is 19.0 Å². The number of carbonyl (C=O) groups is 2. The maximum Gasteiger partial charge on any atom is 0.321 e. The molecule has 3 rings (SSSR count). The summed E-state index contributed by atoms with van der Waals surface area (Å²) in [6, 6.07) is 10.9. The first kappa shape index (κ1) is 16.8. The Morgan fingerprint density at radius 1 is 1.24 bits per heavy atom.